The van der Waals surface area contributed by atoms with Crippen LogP contribution in [0.2, 0.25) is 0 Å². The lowest BCUT2D eigenvalue weighted by Gasteiger charge is -2.38. The minimum atomic E-state index is -0.444. The minimum Gasteiger partial charge on any atom is -0.484 e. The molecule has 2 aromatic carbocycles. The van der Waals surface area contributed by atoms with Gasteiger partial charge in [0.1, 0.15) is 11.9 Å². The molecular weight excluding hydrogens is 326 g/mol. The molecule has 3 unspecified atom stereocenters. The highest BCUT2D eigenvalue weighted by Crippen LogP contribution is 2.38. The van der Waals surface area contributed by atoms with Crippen LogP contribution in [-0.2, 0) is 6.42 Å². The highest BCUT2D eigenvalue weighted by atomic mass is 16.5. The Morgan fingerprint density at radius 3 is 2.81 bits per heavy atom. The molecule has 4 rings (SSSR count). The van der Waals surface area contributed by atoms with Gasteiger partial charge in [0.15, 0.2) is 0 Å². The van der Waals surface area contributed by atoms with Gasteiger partial charge in [-0.15, -0.1) is 0 Å². The second kappa shape index (κ2) is 7.09. The normalized spacial score (nSPS) is 25.7. The largest absolute Gasteiger partial charge is 0.484 e. The quantitative estimate of drug-likeness (QED) is 0.885. The third-order valence-corrected chi connectivity index (χ3v) is 5.48. The van der Waals surface area contributed by atoms with Crippen molar-refractivity contribution in [3.8, 4) is 5.75 Å². The van der Waals surface area contributed by atoms with Gasteiger partial charge in [-0.3, -0.25) is 9.69 Å². The van der Waals surface area contributed by atoms with Crippen molar-refractivity contribution in [2.45, 2.75) is 37.5 Å². The molecule has 5 nitrogen and oxygen atoms in total. The number of piperidine rings is 1. The number of hydrogen-bond donors (Lipinski definition) is 2. The molecule has 1 amide bonds. The van der Waals surface area contributed by atoms with E-state index in [0.717, 1.165) is 32.4 Å². The fourth-order valence-electron chi connectivity index (χ4n) is 4.21. The number of likely N-dealkylation sites (tertiary alicyclic amines) is 1. The number of fused-ring (bicyclic) bond motifs is 1. The summed E-state index contributed by atoms with van der Waals surface area (Å²) in [7, 11) is 0. The summed E-state index contributed by atoms with van der Waals surface area (Å²) in [5.41, 5.74) is 14.6. The van der Waals surface area contributed by atoms with Crippen LogP contribution < -0.4 is 16.2 Å². The summed E-state index contributed by atoms with van der Waals surface area (Å²) in [6.07, 6.45) is 3.10. The summed E-state index contributed by atoms with van der Waals surface area (Å²) in [4.78, 5) is 14.0. The Balaban J connectivity index is 1.63. The predicted molar refractivity (Wildman–Crippen MR) is 101 cm³/mol. The third kappa shape index (κ3) is 3.32. The van der Waals surface area contributed by atoms with E-state index in [1.807, 2.05) is 12.1 Å². The van der Waals surface area contributed by atoms with E-state index in [9.17, 15) is 4.79 Å². The fourth-order valence-corrected chi connectivity index (χ4v) is 4.21. The van der Waals surface area contributed by atoms with Crippen molar-refractivity contribution in [3.63, 3.8) is 0 Å². The van der Waals surface area contributed by atoms with E-state index < -0.39 is 5.91 Å². The average molecular weight is 351 g/mol. The van der Waals surface area contributed by atoms with Crippen molar-refractivity contribution < 1.29 is 9.53 Å². The van der Waals surface area contributed by atoms with Gasteiger partial charge < -0.3 is 16.2 Å². The maximum atomic E-state index is 11.5. The van der Waals surface area contributed by atoms with E-state index in [1.165, 1.54) is 11.1 Å². The summed E-state index contributed by atoms with van der Waals surface area (Å²) in [6.45, 7) is 1.95. The topological polar surface area (TPSA) is 81.6 Å². The SMILES string of the molecule is NC(=O)c1cccc(OC2c3ccccc3CC2N2CCCC(N)C2)c1. The van der Waals surface area contributed by atoms with Crippen LogP contribution in [0.25, 0.3) is 0 Å². The zero-order chi connectivity index (χ0) is 18.1. The minimum absolute atomic E-state index is 0.0698. The van der Waals surface area contributed by atoms with Gasteiger partial charge in [0, 0.05) is 18.2 Å². The Morgan fingerprint density at radius 2 is 2.00 bits per heavy atom. The zero-order valence-electron chi connectivity index (χ0n) is 14.8. The number of ether oxygens (including phenoxy) is 1. The standard InChI is InChI=1S/C21H25N3O2/c22-16-7-4-10-24(13-16)19-12-14-5-1-2-9-18(14)20(19)26-17-8-3-6-15(11-17)21(23)25/h1-3,5-6,8-9,11,16,19-20H,4,7,10,12-13,22H2,(H2,23,25). The second-order valence-corrected chi connectivity index (χ2v) is 7.30. The Kier molecular flexibility index (Phi) is 4.66. The summed E-state index contributed by atoms with van der Waals surface area (Å²) >= 11 is 0. The van der Waals surface area contributed by atoms with Gasteiger partial charge in [-0.2, -0.15) is 0 Å². The molecule has 1 aliphatic heterocycles. The van der Waals surface area contributed by atoms with Gasteiger partial charge in [0.05, 0.1) is 6.04 Å². The summed E-state index contributed by atoms with van der Waals surface area (Å²) in [5, 5.41) is 0. The van der Waals surface area contributed by atoms with Gasteiger partial charge >= 0.3 is 0 Å². The molecule has 136 valence electrons. The lowest BCUT2D eigenvalue weighted by Crippen LogP contribution is -2.49. The number of carbonyl (C=O) groups is 1. The van der Waals surface area contributed by atoms with Gasteiger partial charge in [-0.05, 0) is 55.1 Å². The van der Waals surface area contributed by atoms with Crippen LogP contribution in [0.1, 0.15) is 40.4 Å². The van der Waals surface area contributed by atoms with Crippen molar-refractivity contribution in [2.24, 2.45) is 11.5 Å². The summed E-state index contributed by atoms with van der Waals surface area (Å²) in [5.74, 6) is 0.232. The molecule has 2 aliphatic rings. The van der Waals surface area contributed by atoms with E-state index >= 15 is 0 Å². The Morgan fingerprint density at radius 1 is 1.15 bits per heavy atom. The first-order valence-electron chi connectivity index (χ1n) is 9.26. The number of hydrogen-bond acceptors (Lipinski definition) is 4. The van der Waals surface area contributed by atoms with Crippen molar-refractivity contribution >= 4 is 5.91 Å². The molecule has 0 spiro atoms. The number of amides is 1. The first kappa shape index (κ1) is 17.1. The third-order valence-electron chi connectivity index (χ3n) is 5.48. The number of primary amides is 1. The first-order chi connectivity index (χ1) is 12.6. The molecule has 1 heterocycles. The fraction of sp³-hybridized carbons (Fsp3) is 0.381. The summed E-state index contributed by atoms with van der Waals surface area (Å²) in [6, 6.07) is 16.1. The molecule has 1 saturated heterocycles. The monoisotopic (exact) mass is 351 g/mol. The molecule has 1 fully saturated rings. The Labute approximate surface area is 153 Å². The number of benzene rings is 2. The zero-order valence-corrected chi connectivity index (χ0v) is 14.8. The maximum absolute atomic E-state index is 11.5. The molecule has 0 saturated carbocycles. The molecule has 5 heteroatoms. The van der Waals surface area contributed by atoms with Crippen molar-refractivity contribution in [1.82, 2.24) is 4.90 Å². The van der Waals surface area contributed by atoms with Crippen LogP contribution >= 0.6 is 0 Å². The average Bonchev–Trinajstić information content (AvgIpc) is 3.01. The van der Waals surface area contributed by atoms with Crippen LogP contribution in [0, 0.1) is 0 Å². The number of nitrogens with two attached hydrogens (primary N) is 2. The number of nitrogens with zero attached hydrogens (tertiary/aromatic N) is 1. The van der Waals surface area contributed by atoms with Gasteiger partial charge in [-0.25, -0.2) is 0 Å². The van der Waals surface area contributed by atoms with Gasteiger partial charge in [0.2, 0.25) is 5.91 Å². The molecule has 4 N–H and O–H groups in total. The lowest BCUT2D eigenvalue weighted by atomic mass is 10.0. The molecule has 1 aliphatic carbocycles. The smallest absolute Gasteiger partial charge is 0.248 e. The molecular formula is C21H25N3O2. The molecule has 0 radical (unpaired) electrons. The van der Waals surface area contributed by atoms with Crippen molar-refractivity contribution in [3.05, 3.63) is 65.2 Å². The van der Waals surface area contributed by atoms with E-state index in [2.05, 4.69) is 29.2 Å². The molecule has 26 heavy (non-hydrogen) atoms. The van der Waals surface area contributed by atoms with Gasteiger partial charge in [0.25, 0.3) is 0 Å². The van der Waals surface area contributed by atoms with Crippen molar-refractivity contribution in [1.29, 1.82) is 0 Å². The number of carbonyl (C=O) groups excluding carboxylic acids is 1. The number of rotatable bonds is 4. The first-order valence-corrected chi connectivity index (χ1v) is 9.26. The molecule has 3 atom stereocenters. The molecule has 2 aromatic rings. The van der Waals surface area contributed by atoms with E-state index in [4.69, 9.17) is 16.2 Å². The van der Waals surface area contributed by atoms with Crippen LogP contribution in [-0.4, -0.2) is 36.0 Å². The molecule has 0 aromatic heterocycles. The van der Waals surface area contributed by atoms with Crippen LogP contribution in [0.4, 0.5) is 0 Å². The van der Waals surface area contributed by atoms with E-state index in [0.29, 0.717) is 11.3 Å². The molecule has 0 bridgehead atoms. The van der Waals surface area contributed by atoms with Crippen LogP contribution in [0.15, 0.2) is 48.5 Å². The maximum Gasteiger partial charge on any atom is 0.248 e. The highest BCUT2D eigenvalue weighted by Gasteiger charge is 2.39. The van der Waals surface area contributed by atoms with E-state index in [1.54, 1.807) is 12.1 Å². The lowest BCUT2D eigenvalue weighted by molar-refractivity contribution is 0.0592. The van der Waals surface area contributed by atoms with Crippen LogP contribution in [0.3, 0.4) is 0 Å². The predicted octanol–water partition coefficient (Wildman–Crippen LogP) is 2.25. The Bertz CT molecular complexity index is 807. The van der Waals surface area contributed by atoms with Crippen molar-refractivity contribution in [2.75, 3.05) is 13.1 Å². The highest BCUT2D eigenvalue weighted by molar-refractivity contribution is 5.93. The van der Waals surface area contributed by atoms with Gasteiger partial charge in [-0.1, -0.05) is 30.3 Å². The van der Waals surface area contributed by atoms with E-state index in [-0.39, 0.29) is 18.2 Å². The summed E-state index contributed by atoms with van der Waals surface area (Å²) < 4.78 is 6.40. The van der Waals surface area contributed by atoms with Crippen LogP contribution in [0.5, 0.6) is 5.75 Å². The Hall–Kier alpha value is -2.37. The second-order valence-electron chi connectivity index (χ2n) is 7.30.